The van der Waals surface area contributed by atoms with E-state index in [2.05, 4.69) is 17.0 Å². The van der Waals surface area contributed by atoms with Gasteiger partial charge in [-0.15, -0.1) is 0 Å². The third kappa shape index (κ3) is 4.39. The van der Waals surface area contributed by atoms with Crippen LogP contribution in [0.4, 0.5) is 5.69 Å². The topological polar surface area (TPSA) is 60.9 Å². The average Bonchev–Trinajstić information content (AvgIpc) is 3.20. The molecule has 176 valence electrons. The number of hydrogen-bond donors (Lipinski definition) is 0. The van der Waals surface area contributed by atoms with E-state index in [0.29, 0.717) is 31.7 Å². The van der Waals surface area contributed by atoms with Gasteiger partial charge in [-0.05, 0) is 48.7 Å². The Labute approximate surface area is 201 Å². The number of hydrogen-bond acceptors (Lipinski definition) is 4. The molecular formula is C27H29N3O3S. The van der Waals surface area contributed by atoms with Gasteiger partial charge < -0.3 is 4.90 Å². The maximum atomic E-state index is 13.4. The van der Waals surface area contributed by atoms with Gasteiger partial charge in [0.25, 0.3) is 5.91 Å². The monoisotopic (exact) mass is 475 g/mol. The summed E-state index contributed by atoms with van der Waals surface area (Å²) in [5.41, 5.74) is 3.67. The van der Waals surface area contributed by atoms with Crippen LogP contribution in [0.3, 0.4) is 0 Å². The van der Waals surface area contributed by atoms with Crippen LogP contribution in [0.25, 0.3) is 0 Å². The highest BCUT2D eigenvalue weighted by atomic mass is 32.2. The molecule has 1 saturated heterocycles. The summed E-state index contributed by atoms with van der Waals surface area (Å²) >= 11 is 0. The summed E-state index contributed by atoms with van der Waals surface area (Å²) in [4.78, 5) is 17.6. The number of para-hydroxylation sites is 1. The van der Waals surface area contributed by atoms with Crippen LogP contribution in [0.1, 0.15) is 28.4 Å². The molecule has 3 aromatic rings. The van der Waals surface area contributed by atoms with Gasteiger partial charge in [0.15, 0.2) is 0 Å². The minimum atomic E-state index is -3.68. The van der Waals surface area contributed by atoms with Crippen molar-refractivity contribution in [3.8, 4) is 0 Å². The maximum Gasteiger partial charge on any atom is 0.258 e. The van der Waals surface area contributed by atoms with E-state index >= 15 is 0 Å². The Morgan fingerprint density at radius 1 is 0.882 bits per heavy atom. The molecule has 6 nitrogen and oxygen atoms in total. The lowest BCUT2D eigenvalue weighted by Crippen LogP contribution is -2.48. The fourth-order valence-corrected chi connectivity index (χ4v) is 6.39. The van der Waals surface area contributed by atoms with E-state index in [1.54, 1.807) is 23.1 Å². The number of carbonyl (C=O) groups excluding carboxylic acids is 1. The first kappa shape index (κ1) is 22.8. The standard InChI is InChI=1S/C27H29N3O3S/c1-21-18-23-10-5-6-13-26(23)30(21)27(31)24-11-7-12-25(19-24)34(32,33)29-16-14-28(15-17-29)20-22-8-3-2-4-9-22/h2-13,19,21H,14-18,20H2,1H3. The van der Waals surface area contributed by atoms with Crippen molar-refractivity contribution in [2.75, 3.05) is 31.1 Å². The van der Waals surface area contributed by atoms with Crippen molar-refractivity contribution >= 4 is 21.6 Å². The highest BCUT2D eigenvalue weighted by Gasteiger charge is 2.33. The van der Waals surface area contributed by atoms with Crippen molar-refractivity contribution in [3.63, 3.8) is 0 Å². The Bertz CT molecular complexity index is 1290. The first-order valence-electron chi connectivity index (χ1n) is 11.7. The zero-order valence-corrected chi connectivity index (χ0v) is 20.1. The van der Waals surface area contributed by atoms with Crippen LogP contribution in [0.15, 0.2) is 83.8 Å². The van der Waals surface area contributed by atoms with Gasteiger partial charge in [-0.25, -0.2) is 8.42 Å². The molecule has 2 aliphatic rings. The number of sulfonamides is 1. The number of anilines is 1. The molecule has 0 N–H and O–H groups in total. The molecule has 0 radical (unpaired) electrons. The molecule has 1 fully saturated rings. The van der Waals surface area contributed by atoms with Crippen LogP contribution in [0.5, 0.6) is 0 Å². The fraction of sp³-hybridized carbons (Fsp3) is 0.296. The van der Waals surface area contributed by atoms with Crippen LogP contribution < -0.4 is 4.90 Å². The molecule has 2 heterocycles. The zero-order valence-electron chi connectivity index (χ0n) is 19.3. The van der Waals surface area contributed by atoms with Crippen LogP contribution in [-0.2, 0) is 23.0 Å². The lowest BCUT2D eigenvalue weighted by atomic mass is 10.1. The summed E-state index contributed by atoms with van der Waals surface area (Å²) in [6.45, 7) is 5.05. The Kier molecular flexibility index (Phi) is 6.25. The number of carbonyl (C=O) groups is 1. The summed E-state index contributed by atoms with van der Waals surface area (Å²) in [7, 11) is -3.68. The van der Waals surface area contributed by atoms with E-state index in [-0.39, 0.29) is 16.8 Å². The number of piperazine rings is 1. The van der Waals surface area contributed by atoms with E-state index < -0.39 is 10.0 Å². The number of amides is 1. The summed E-state index contributed by atoms with van der Waals surface area (Å²) in [5, 5.41) is 0. The summed E-state index contributed by atoms with van der Waals surface area (Å²) < 4.78 is 28.3. The summed E-state index contributed by atoms with van der Waals surface area (Å²) in [5.74, 6) is -0.165. The van der Waals surface area contributed by atoms with Crippen LogP contribution in [0, 0.1) is 0 Å². The van der Waals surface area contributed by atoms with E-state index in [4.69, 9.17) is 0 Å². The average molecular weight is 476 g/mol. The van der Waals surface area contributed by atoms with Crippen molar-refractivity contribution in [1.29, 1.82) is 0 Å². The molecule has 0 aromatic heterocycles. The minimum absolute atomic E-state index is 0.0304. The Balaban J connectivity index is 1.31. The van der Waals surface area contributed by atoms with Crippen LogP contribution >= 0.6 is 0 Å². The van der Waals surface area contributed by atoms with E-state index in [9.17, 15) is 13.2 Å². The molecule has 2 aliphatic heterocycles. The highest BCUT2D eigenvalue weighted by Crippen LogP contribution is 2.33. The van der Waals surface area contributed by atoms with E-state index in [0.717, 1.165) is 24.2 Å². The lowest BCUT2D eigenvalue weighted by molar-refractivity contribution is 0.0981. The van der Waals surface area contributed by atoms with Crippen molar-refractivity contribution < 1.29 is 13.2 Å². The first-order chi connectivity index (χ1) is 16.4. The van der Waals surface area contributed by atoms with Gasteiger partial charge in [-0.3, -0.25) is 9.69 Å². The summed E-state index contributed by atoms with van der Waals surface area (Å²) in [6, 6.07) is 24.6. The SMILES string of the molecule is CC1Cc2ccccc2N1C(=O)c1cccc(S(=O)(=O)N2CCN(Cc3ccccc3)CC2)c1. The number of fused-ring (bicyclic) bond motifs is 1. The fourth-order valence-electron chi connectivity index (χ4n) is 4.92. The molecule has 3 aromatic carbocycles. The maximum absolute atomic E-state index is 13.4. The highest BCUT2D eigenvalue weighted by molar-refractivity contribution is 7.89. The van der Waals surface area contributed by atoms with Crippen LogP contribution in [-0.4, -0.2) is 55.8 Å². The number of rotatable bonds is 5. The Morgan fingerprint density at radius 3 is 2.35 bits per heavy atom. The predicted molar refractivity (Wildman–Crippen MR) is 133 cm³/mol. The number of nitrogens with zero attached hydrogens (tertiary/aromatic N) is 3. The van der Waals surface area contributed by atoms with Crippen molar-refractivity contribution in [2.24, 2.45) is 0 Å². The molecule has 0 bridgehead atoms. The van der Waals surface area contributed by atoms with Gasteiger partial charge in [-0.2, -0.15) is 4.31 Å². The van der Waals surface area contributed by atoms with Gasteiger partial charge in [0, 0.05) is 50.0 Å². The third-order valence-corrected chi connectivity index (χ3v) is 8.62. The van der Waals surface area contributed by atoms with E-state index in [1.165, 1.54) is 15.9 Å². The van der Waals surface area contributed by atoms with Gasteiger partial charge in [0.1, 0.15) is 0 Å². The second-order valence-corrected chi connectivity index (χ2v) is 11.0. The van der Waals surface area contributed by atoms with Crippen molar-refractivity contribution in [3.05, 3.63) is 95.6 Å². The normalized spacial score (nSPS) is 19.2. The van der Waals surface area contributed by atoms with Crippen LogP contribution in [0.2, 0.25) is 0 Å². The molecule has 7 heteroatoms. The first-order valence-corrected chi connectivity index (χ1v) is 13.2. The molecule has 5 rings (SSSR count). The van der Waals surface area contributed by atoms with Gasteiger partial charge in [-0.1, -0.05) is 54.6 Å². The zero-order chi connectivity index (χ0) is 23.7. The van der Waals surface area contributed by atoms with Gasteiger partial charge in [0.05, 0.1) is 4.90 Å². The molecule has 1 amide bonds. The molecule has 0 aliphatic carbocycles. The van der Waals surface area contributed by atoms with Crippen molar-refractivity contribution in [2.45, 2.75) is 30.8 Å². The molecule has 1 atom stereocenters. The second kappa shape index (κ2) is 9.33. The molecule has 1 unspecified atom stereocenters. The lowest BCUT2D eigenvalue weighted by Gasteiger charge is -2.34. The van der Waals surface area contributed by atoms with Gasteiger partial charge >= 0.3 is 0 Å². The minimum Gasteiger partial charge on any atom is -0.305 e. The number of benzene rings is 3. The summed E-state index contributed by atoms with van der Waals surface area (Å²) in [6.07, 6.45) is 0.799. The van der Waals surface area contributed by atoms with Crippen molar-refractivity contribution in [1.82, 2.24) is 9.21 Å². The van der Waals surface area contributed by atoms with Gasteiger partial charge in [0.2, 0.25) is 10.0 Å². The molecule has 0 spiro atoms. The van der Waals surface area contributed by atoms with E-state index in [1.807, 2.05) is 49.4 Å². The second-order valence-electron chi connectivity index (χ2n) is 9.05. The Morgan fingerprint density at radius 2 is 1.59 bits per heavy atom. The molecular weight excluding hydrogens is 446 g/mol. The largest absolute Gasteiger partial charge is 0.305 e. The smallest absolute Gasteiger partial charge is 0.258 e. The predicted octanol–water partition coefficient (Wildman–Crippen LogP) is 3.78. The molecule has 0 saturated carbocycles. The molecule has 34 heavy (non-hydrogen) atoms. The third-order valence-electron chi connectivity index (χ3n) is 6.73. The Hall–Kier alpha value is -3.00. The quantitative estimate of drug-likeness (QED) is 0.564.